The normalized spacial score (nSPS) is 12.6. The fourth-order valence-corrected chi connectivity index (χ4v) is 4.00. The van der Waals surface area contributed by atoms with Gasteiger partial charge in [0, 0.05) is 17.3 Å². The molecule has 2 atom stereocenters. The molecule has 0 spiro atoms. The maximum atomic E-state index is 12.5. The first-order chi connectivity index (χ1) is 22.3. The van der Waals surface area contributed by atoms with E-state index in [1.807, 2.05) is 20.8 Å². The summed E-state index contributed by atoms with van der Waals surface area (Å²) in [5.41, 5.74) is 3.55. The van der Waals surface area contributed by atoms with E-state index in [4.69, 9.17) is 18.9 Å². The van der Waals surface area contributed by atoms with Crippen molar-refractivity contribution in [2.75, 3.05) is 23.8 Å². The number of hydrogen-bond donors (Lipinski definition) is 2. The fraction of sp³-hybridized carbons (Fsp3) is 0.486. The van der Waals surface area contributed by atoms with Gasteiger partial charge >= 0.3 is 36.1 Å². The number of esters is 4. The second-order valence-corrected chi connectivity index (χ2v) is 11.6. The van der Waals surface area contributed by atoms with Crippen molar-refractivity contribution in [3.8, 4) is 0 Å². The summed E-state index contributed by atoms with van der Waals surface area (Å²) in [6.45, 7) is 12.4. The second kappa shape index (κ2) is 19.0. The number of carbonyl (C=O) groups is 6. The average Bonchev–Trinajstić information content (AvgIpc) is 3.03. The first-order valence-corrected chi connectivity index (χ1v) is 15.8. The highest BCUT2D eigenvalue weighted by atomic mass is 16.6. The van der Waals surface area contributed by atoms with Crippen LogP contribution in [-0.2, 0) is 51.0 Å². The minimum atomic E-state index is -0.728. The summed E-state index contributed by atoms with van der Waals surface area (Å²) in [5, 5.41) is 5.24. The third-order valence-corrected chi connectivity index (χ3v) is 7.80. The van der Waals surface area contributed by atoms with Crippen molar-refractivity contribution in [3.05, 3.63) is 58.7 Å². The van der Waals surface area contributed by atoms with E-state index >= 15 is 0 Å². The number of amides is 2. The highest BCUT2D eigenvalue weighted by molar-refractivity contribution is 5.89. The molecule has 47 heavy (non-hydrogen) atoms. The largest absolute Gasteiger partial charge is 0.449 e. The number of rotatable bonds is 15. The topological polar surface area (TPSA) is 163 Å². The summed E-state index contributed by atoms with van der Waals surface area (Å²) in [6.07, 6.45) is -0.0488. The first-order valence-electron chi connectivity index (χ1n) is 15.8. The Morgan fingerprint density at radius 2 is 1.00 bits per heavy atom. The summed E-state index contributed by atoms with van der Waals surface area (Å²) >= 11 is 0. The maximum Gasteiger partial charge on any atom is 0.411 e. The molecule has 0 aliphatic rings. The Morgan fingerprint density at radius 1 is 0.617 bits per heavy atom. The number of ether oxygens (including phenoxy) is 4. The van der Waals surface area contributed by atoms with E-state index in [9.17, 15) is 28.8 Å². The van der Waals surface area contributed by atoms with Crippen molar-refractivity contribution in [1.82, 2.24) is 0 Å². The zero-order valence-electron chi connectivity index (χ0n) is 28.2. The Labute approximate surface area is 275 Å². The SMILES string of the molecule is CCC(COC(=O)Nc1ccc(C)c(CC(=O)OC(=O)C(C)CC)c1)COC(=O)Nc1ccc(C)c(CC(=O)OC(=O)C(C)CC)c1. The molecule has 2 N–H and O–H groups in total. The molecule has 0 aromatic heterocycles. The predicted octanol–water partition coefficient (Wildman–Crippen LogP) is 6.44. The minimum Gasteiger partial charge on any atom is -0.449 e. The Morgan fingerprint density at radius 3 is 1.34 bits per heavy atom. The summed E-state index contributed by atoms with van der Waals surface area (Å²) in [6, 6.07) is 10.0. The molecule has 2 amide bonds. The van der Waals surface area contributed by atoms with E-state index < -0.39 is 36.1 Å². The second-order valence-electron chi connectivity index (χ2n) is 11.6. The molecular formula is C35H46N2O10. The molecule has 0 heterocycles. The molecule has 2 aromatic rings. The van der Waals surface area contributed by atoms with Crippen LogP contribution in [-0.4, -0.2) is 49.3 Å². The lowest BCUT2D eigenvalue weighted by atomic mass is 10.0. The Balaban J connectivity index is 1.85. The monoisotopic (exact) mass is 654 g/mol. The van der Waals surface area contributed by atoms with Crippen molar-refractivity contribution in [2.45, 2.75) is 80.6 Å². The zero-order valence-corrected chi connectivity index (χ0v) is 28.2. The van der Waals surface area contributed by atoms with Crippen LogP contribution in [0, 0.1) is 31.6 Å². The van der Waals surface area contributed by atoms with Gasteiger partial charge in [-0.2, -0.15) is 0 Å². The van der Waals surface area contributed by atoms with Gasteiger partial charge in [0.15, 0.2) is 0 Å². The van der Waals surface area contributed by atoms with Crippen LogP contribution in [0.3, 0.4) is 0 Å². The number of hydrogen-bond acceptors (Lipinski definition) is 10. The van der Waals surface area contributed by atoms with Gasteiger partial charge in [0.2, 0.25) is 0 Å². The van der Waals surface area contributed by atoms with Crippen molar-refractivity contribution in [1.29, 1.82) is 0 Å². The lowest BCUT2D eigenvalue weighted by Crippen LogP contribution is -2.24. The molecule has 12 nitrogen and oxygen atoms in total. The van der Waals surface area contributed by atoms with E-state index in [0.29, 0.717) is 41.8 Å². The van der Waals surface area contributed by atoms with Crippen LogP contribution >= 0.6 is 0 Å². The van der Waals surface area contributed by atoms with Gasteiger partial charge in [-0.25, -0.2) is 9.59 Å². The van der Waals surface area contributed by atoms with E-state index in [0.717, 1.165) is 11.1 Å². The molecule has 2 unspecified atom stereocenters. The van der Waals surface area contributed by atoms with E-state index in [2.05, 4.69) is 10.6 Å². The van der Waals surface area contributed by atoms with Crippen LogP contribution in [0.2, 0.25) is 0 Å². The fourth-order valence-electron chi connectivity index (χ4n) is 4.00. The molecule has 0 aliphatic heterocycles. The Kier molecular flexibility index (Phi) is 15.6. The van der Waals surface area contributed by atoms with Gasteiger partial charge in [0.1, 0.15) is 0 Å². The molecule has 0 aliphatic carbocycles. The first kappa shape index (κ1) is 38.4. The predicted molar refractivity (Wildman–Crippen MR) is 175 cm³/mol. The highest BCUT2D eigenvalue weighted by Gasteiger charge is 2.20. The van der Waals surface area contributed by atoms with E-state index in [1.165, 1.54) is 0 Å². The van der Waals surface area contributed by atoms with Crippen LogP contribution in [0.4, 0.5) is 21.0 Å². The van der Waals surface area contributed by atoms with Gasteiger partial charge in [-0.3, -0.25) is 29.8 Å². The molecule has 2 rings (SSSR count). The van der Waals surface area contributed by atoms with Gasteiger partial charge in [-0.1, -0.05) is 46.8 Å². The molecule has 256 valence electrons. The molecule has 0 saturated heterocycles. The number of carbonyl (C=O) groups excluding carboxylic acids is 6. The average molecular weight is 655 g/mol. The van der Waals surface area contributed by atoms with Gasteiger partial charge in [-0.05, 0) is 79.6 Å². The highest BCUT2D eigenvalue weighted by Crippen LogP contribution is 2.19. The molecule has 12 heteroatoms. The Hall–Kier alpha value is -4.74. The third kappa shape index (κ3) is 13.3. The standard InChI is InChI=1S/C35H46N2O10/c1-8-21(4)32(40)46-30(38)17-26-15-28(13-11-23(26)6)36-34(42)44-19-25(10-3)20-45-35(43)37-29-14-12-24(7)27(16-29)18-31(39)47-33(41)22(5)9-2/h11-16,21-22,25H,8-10,17-20H2,1-7H3,(H,36,42)(H,37,43). The Bertz CT molecular complexity index is 1330. The van der Waals surface area contributed by atoms with Crippen molar-refractivity contribution < 1.29 is 47.7 Å². The van der Waals surface area contributed by atoms with Gasteiger partial charge < -0.3 is 18.9 Å². The van der Waals surface area contributed by atoms with Crippen LogP contribution in [0.1, 0.15) is 76.1 Å². The molecule has 0 bridgehead atoms. The summed E-state index contributed by atoms with van der Waals surface area (Å²) in [5.74, 6) is -3.55. The van der Waals surface area contributed by atoms with E-state index in [-0.39, 0.29) is 43.8 Å². The number of nitrogens with one attached hydrogen (secondary N) is 2. The summed E-state index contributed by atoms with van der Waals surface area (Å²) in [4.78, 5) is 73.3. The molecule has 0 radical (unpaired) electrons. The zero-order chi connectivity index (χ0) is 35.1. The van der Waals surface area contributed by atoms with Gasteiger partial charge in [0.05, 0.1) is 37.9 Å². The van der Waals surface area contributed by atoms with Crippen LogP contribution < -0.4 is 10.6 Å². The number of aryl methyl sites for hydroxylation is 2. The molecule has 0 fully saturated rings. The van der Waals surface area contributed by atoms with Crippen molar-refractivity contribution in [2.24, 2.45) is 17.8 Å². The van der Waals surface area contributed by atoms with E-state index in [1.54, 1.807) is 64.1 Å². The molecule has 0 saturated carbocycles. The van der Waals surface area contributed by atoms with Crippen LogP contribution in [0.25, 0.3) is 0 Å². The smallest absolute Gasteiger partial charge is 0.411 e. The van der Waals surface area contributed by atoms with Crippen LogP contribution in [0.15, 0.2) is 36.4 Å². The van der Waals surface area contributed by atoms with Crippen molar-refractivity contribution >= 4 is 47.4 Å². The lowest BCUT2D eigenvalue weighted by Gasteiger charge is -2.16. The molecular weight excluding hydrogens is 608 g/mol. The quantitative estimate of drug-likeness (QED) is 0.124. The number of anilines is 2. The summed E-state index contributed by atoms with van der Waals surface area (Å²) < 4.78 is 20.5. The van der Waals surface area contributed by atoms with Gasteiger partial charge in [-0.15, -0.1) is 0 Å². The summed E-state index contributed by atoms with van der Waals surface area (Å²) in [7, 11) is 0. The minimum absolute atomic E-state index is 0.0233. The van der Waals surface area contributed by atoms with Crippen molar-refractivity contribution in [3.63, 3.8) is 0 Å². The number of benzene rings is 2. The van der Waals surface area contributed by atoms with Crippen LogP contribution in [0.5, 0.6) is 0 Å². The van der Waals surface area contributed by atoms with Gasteiger partial charge in [0.25, 0.3) is 0 Å². The molecule has 2 aromatic carbocycles. The third-order valence-electron chi connectivity index (χ3n) is 7.80. The lowest BCUT2D eigenvalue weighted by molar-refractivity contribution is -0.163. The maximum absolute atomic E-state index is 12.5.